The van der Waals surface area contributed by atoms with Crippen LogP contribution >= 0.6 is 24.0 Å². The number of aliphatic imine (C=N–C) groups is 1. The van der Waals surface area contributed by atoms with E-state index < -0.39 is 9.84 Å². The SMILES string of the molecule is CCNC(=NCc1ccc(CS(C)(=O)=O)cc1)NCCN(C(C)C)C(C)C.I. The van der Waals surface area contributed by atoms with E-state index >= 15 is 0 Å². The first-order valence-corrected chi connectivity index (χ1v) is 11.7. The lowest BCUT2D eigenvalue weighted by molar-refractivity contribution is 0.178. The van der Waals surface area contributed by atoms with Gasteiger partial charge in [0, 0.05) is 38.0 Å². The summed E-state index contributed by atoms with van der Waals surface area (Å²) < 4.78 is 22.7. The quantitative estimate of drug-likeness (QED) is 0.280. The zero-order valence-electron chi connectivity index (χ0n) is 18.0. The van der Waals surface area contributed by atoms with Crippen LogP contribution in [0.4, 0.5) is 0 Å². The summed E-state index contributed by atoms with van der Waals surface area (Å²) in [6.07, 6.45) is 1.25. The molecular formula is C20H37IN4O2S. The molecule has 1 aromatic rings. The van der Waals surface area contributed by atoms with Crippen molar-refractivity contribution in [3.8, 4) is 0 Å². The van der Waals surface area contributed by atoms with Crippen LogP contribution in [0.5, 0.6) is 0 Å². The molecule has 0 spiro atoms. The standard InChI is InChI=1S/C20H36N4O2S.HI/c1-7-21-20(22-12-13-24(16(2)3)17(4)5)23-14-18-8-10-19(11-9-18)15-27(6,25)26;/h8-11,16-17H,7,12-15H2,1-6H3,(H2,21,22,23);1H. The van der Waals surface area contributed by atoms with Gasteiger partial charge in [-0.05, 0) is 45.7 Å². The summed E-state index contributed by atoms with van der Waals surface area (Å²) in [6, 6.07) is 8.61. The molecule has 0 atom stereocenters. The normalized spacial score (nSPS) is 12.4. The van der Waals surface area contributed by atoms with E-state index in [1.54, 1.807) is 0 Å². The van der Waals surface area contributed by atoms with Crippen molar-refractivity contribution in [2.45, 2.75) is 59.0 Å². The van der Waals surface area contributed by atoms with E-state index in [9.17, 15) is 8.42 Å². The lowest BCUT2D eigenvalue weighted by Crippen LogP contribution is -2.45. The van der Waals surface area contributed by atoms with E-state index in [0.29, 0.717) is 18.6 Å². The molecule has 2 N–H and O–H groups in total. The van der Waals surface area contributed by atoms with Crippen molar-refractivity contribution >= 4 is 39.8 Å². The zero-order valence-corrected chi connectivity index (χ0v) is 21.2. The molecule has 0 amide bonds. The summed E-state index contributed by atoms with van der Waals surface area (Å²) in [5, 5.41) is 6.66. The third kappa shape index (κ3) is 11.2. The number of rotatable bonds is 10. The van der Waals surface area contributed by atoms with Crippen molar-refractivity contribution in [2.24, 2.45) is 4.99 Å². The molecule has 1 aromatic carbocycles. The summed E-state index contributed by atoms with van der Waals surface area (Å²) in [4.78, 5) is 7.07. The Hall–Kier alpha value is -0.870. The Labute approximate surface area is 188 Å². The Morgan fingerprint density at radius 1 is 1.04 bits per heavy atom. The molecule has 8 heteroatoms. The Bertz CT molecular complexity index is 681. The van der Waals surface area contributed by atoms with Crippen molar-refractivity contribution in [3.05, 3.63) is 35.4 Å². The maximum Gasteiger partial charge on any atom is 0.191 e. The van der Waals surface area contributed by atoms with Crippen molar-refractivity contribution in [1.29, 1.82) is 0 Å². The summed E-state index contributed by atoms with van der Waals surface area (Å²) in [7, 11) is -3.00. The fourth-order valence-corrected chi connectivity index (χ4v) is 3.77. The van der Waals surface area contributed by atoms with Gasteiger partial charge in [-0.3, -0.25) is 4.90 Å². The van der Waals surface area contributed by atoms with Crippen LogP contribution in [-0.2, 0) is 22.1 Å². The largest absolute Gasteiger partial charge is 0.357 e. The molecule has 0 bridgehead atoms. The van der Waals surface area contributed by atoms with E-state index in [1.165, 1.54) is 6.26 Å². The molecule has 162 valence electrons. The van der Waals surface area contributed by atoms with Crippen LogP contribution in [0.2, 0.25) is 0 Å². The molecule has 28 heavy (non-hydrogen) atoms. The lowest BCUT2D eigenvalue weighted by Gasteiger charge is -2.30. The Balaban J connectivity index is 0.00000729. The number of hydrogen-bond donors (Lipinski definition) is 2. The average Bonchev–Trinajstić information content (AvgIpc) is 2.55. The Kier molecular flexibility index (Phi) is 13.0. The van der Waals surface area contributed by atoms with Crippen LogP contribution in [0.1, 0.15) is 45.7 Å². The first kappa shape index (κ1) is 27.1. The van der Waals surface area contributed by atoms with Crippen molar-refractivity contribution < 1.29 is 8.42 Å². The summed E-state index contributed by atoms with van der Waals surface area (Å²) in [5.74, 6) is 0.869. The highest BCUT2D eigenvalue weighted by atomic mass is 127. The predicted octanol–water partition coefficient (Wildman–Crippen LogP) is 3.02. The van der Waals surface area contributed by atoms with Crippen LogP contribution in [0.25, 0.3) is 0 Å². The topological polar surface area (TPSA) is 73.8 Å². The fourth-order valence-electron chi connectivity index (χ4n) is 2.97. The highest BCUT2D eigenvalue weighted by Gasteiger charge is 2.12. The first-order valence-electron chi connectivity index (χ1n) is 9.65. The van der Waals surface area contributed by atoms with E-state index in [2.05, 4.69) is 48.2 Å². The summed E-state index contributed by atoms with van der Waals surface area (Å²) >= 11 is 0. The minimum Gasteiger partial charge on any atom is -0.357 e. The van der Waals surface area contributed by atoms with Gasteiger partial charge in [-0.15, -0.1) is 24.0 Å². The van der Waals surface area contributed by atoms with Gasteiger partial charge in [-0.2, -0.15) is 0 Å². The minimum absolute atomic E-state index is 0. The number of hydrogen-bond acceptors (Lipinski definition) is 4. The van der Waals surface area contributed by atoms with E-state index in [-0.39, 0.29) is 29.7 Å². The van der Waals surface area contributed by atoms with Gasteiger partial charge in [-0.25, -0.2) is 13.4 Å². The molecule has 0 unspecified atom stereocenters. The van der Waals surface area contributed by atoms with Crippen LogP contribution in [0, 0.1) is 0 Å². The van der Waals surface area contributed by atoms with Crippen LogP contribution in [0.15, 0.2) is 29.3 Å². The predicted molar refractivity (Wildman–Crippen MR) is 130 cm³/mol. The van der Waals surface area contributed by atoms with Gasteiger partial charge in [0.2, 0.25) is 0 Å². The highest BCUT2D eigenvalue weighted by Crippen LogP contribution is 2.09. The number of sulfone groups is 1. The maximum absolute atomic E-state index is 11.4. The number of halogens is 1. The maximum atomic E-state index is 11.4. The molecule has 0 aliphatic rings. The van der Waals surface area contributed by atoms with Crippen LogP contribution < -0.4 is 10.6 Å². The molecule has 6 nitrogen and oxygen atoms in total. The van der Waals surface area contributed by atoms with Gasteiger partial charge in [0.1, 0.15) is 0 Å². The zero-order chi connectivity index (χ0) is 20.4. The summed E-state index contributed by atoms with van der Waals surface area (Å²) in [5.41, 5.74) is 1.85. The molecule has 0 aliphatic carbocycles. The third-order valence-corrected chi connectivity index (χ3v) is 5.06. The number of guanidine groups is 1. The van der Waals surface area contributed by atoms with Gasteiger partial charge in [0.25, 0.3) is 0 Å². The van der Waals surface area contributed by atoms with Gasteiger partial charge >= 0.3 is 0 Å². The van der Waals surface area contributed by atoms with E-state index in [0.717, 1.165) is 36.7 Å². The molecule has 0 saturated carbocycles. The molecule has 0 fully saturated rings. The Morgan fingerprint density at radius 3 is 2.04 bits per heavy atom. The van der Waals surface area contributed by atoms with Crippen molar-refractivity contribution in [3.63, 3.8) is 0 Å². The molecule has 0 heterocycles. The van der Waals surface area contributed by atoms with Crippen molar-refractivity contribution in [2.75, 3.05) is 25.9 Å². The molecule has 0 aliphatic heterocycles. The van der Waals surface area contributed by atoms with Gasteiger partial charge in [-0.1, -0.05) is 24.3 Å². The van der Waals surface area contributed by atoms with Gasteiger partial charge in [0.15, 0.2) is 15.8 Å². The lowest BCUT2D eigenvalue weighted by atomic mass is 10.1. The first-order chi connectivity index (χ1) is 12.6. The second kappa shape index (κ2) is 13.4. The minimum atomic E-state index is -3.00. The number of benzene rings is 1. The van der Waals surface area contributed by atoms with Crippen molar-refractivity contribution in [1.82, 2.24) is 15.5 Å². The smallest absolute Gasteiger partial charge is 0.191 e. The molecular weight excluding hydrogens is 487 g/mol. The average molecular weight is 525 g/mol. The van der Waals surface area contributed by atoms with Gasteiger partial charge < -0.3 is 10.6 Å². The highest BCUT2D eigenvalue weighted by molar-refractivity contribution is 14.0. The van der Waals surface area contributed by atoms with Crippen LogP contribution in [0.3, 0.4) is 0 Å². The number of nitrogens with zero attached hydrogens (tertiary/aromatic N) is 2. The van der Waals surface area contributed by atoms with Gasteiger partial charge in [0.05, 0.1) is 12.3 Å². The number of nitrogens with one attached hydrogen (secondary N) is 2. The second-order valence-electron chi connectivity index (χ2n) is 7.43. The third-order valence-electron chi connectivity index (χ3n) is 4.20. The molecule has 0 radical (unpaired) electrons. The van der Waals surface area contributed by atoms with E-state index in [1.807, 2.05) is 31.2 Å². The molecule has 1 rings (SSSR count). The van der Waals surface area contributed by atoms with Crippen LogP contribution in [-0.4, -0.2) is 57.3 Å². The second-order valence-corrected chi connectivity index (χ2v) is 9.57. The fraction of sp³-hybridized carbons (Fsp3) is 0.650. The molecule has 0 saturated heterocycles. The monoisotopic (exact) mass is 524 g/mol. The summed E-state index contributed by atoms with van der Waals surface area (Å²) in [6.45, 7) is 14.0. The molecule has 0 aromatic heterocycles. The Morgan fingerprint density at radius 2 is 1.57 bits per heavy atom. The van der Waals surface area contributed by atoms with E-state index in [4.69, 9.17) is 0 Å².